The molecule has 0 radical (unpaired) electrons. The molecule has 0 aliphatic heterocycles. The third-order valence-electron chi connectivity index (χ3n) is 2.56. The molecule has 0 aliphatic rings. The number of nitrogens with zero attached hydrogens (tertiary/aromatic N) is 1. The molecule has 1 aromatic carbocycles. The topological polar surface area (TPSA) is 82.3 Å². The molecular weight excluding hydrogens is 300 g/mol. The number of nitro benzene ring substituents is 1. The van der Waals surface area contributed by atoms with Crippen LogP contribution in [0.4, 0.5) is 5.69 Å². The first-order valence-corrected chi connectivity index (χ1v) is 6.09. The number of nitro groups is 1. The summed E-state index contributed by atoms with van der Waals surface area (Å²) < 4.78 is 6.00. The van der Waals surface area contributed by atoms with Crippen LogP contribution in [-0.2, 0) is 6.42 Å². The fourth-order valence-electron chi connectivity index (χ4n) is 1.64. The largest absolute Gasteiger partial charge is 0.453 e. The van der Waals surface area contributed by atoms with Crippen molar-refractivity contribution in [2.75, 3.05) is 0 Å². The smallest absolute Gasteiger partial charge is 0.269 e. The van der Waals surface area contributed by atoms with Crippen molar-refractivity contribution < 1.29 is 9.34 Å². The highest BCUT2D eigenvalue weighted by molar-refractivity contribution is 9.10. The summed E-state index contributed by atoms with van der Waals surface area (Å²) in [6.07, 6.45) is 0.567. The molecule has 0 bridgehead atoms. The summed E-state index contributed by atoms with van der Waals surface area (Å²) in [4.78, 5) is 10.1. The average Bonchev–Trinajstić information content (AvgIpc) is 2.76. The normalized spacial score (nSPS) is 12.3. The first-order chi connectivity index (χ1) is 8.56. The molecule has 0 saturated carbocycles. The number of benzene rings is 1. The predicted octanol–water partition coefficient (Wildman–Crippen LogP) is 3.19. The summed E-state index contributed by atoms with van der Waals surface area (Å²) >= 11 is 3.21. The molecule has 1 heterocycles. The minimum absolute atomic E-state index is 0.0769. The molecule has 18 heavy (non-hydrogen) atoms. The van der Waals surface area contributed by atoms with Crippen molar-refractivity contribution in [2.45, 2.75) is 12.5 Å². The lowest BCUT2D eigenvalue weighted by atomic mass is 10.0. The van der Waals surface area contributed by atoms with E-state index in [4.69, 9.17) is 10.2 Å². The Hall–Kier alpha value is -1.66. The van der Waals surface area contributed by atoms with Gasteiger partial charge >= 0.3 is 0 Å². The van der Waals surface area contributed by atoms with Gasteiger partial charge in [0.05, 0.1) is 11.0 Å². The van der Waals surface area contributed by atoms with E-state index in [-0.39, 0.29) is 11.7 Å². The molecule has 1 aromatic heterocycles. The predicted molar refractivity (Wildman–Crippen MR) is 70.1 cm³/mol. The second-order valence-electron chi connectivity index (χ2n) is 3.88. The summed E-state index contributed by atoms with van der Waals surface area (Å²) in [5.41, 5.74) is 7.00. The highest BCUT2D eigenvalue weighted by Gasteiger charge is 2.12. The maximum atomic E-state index is 10.5. The fraction of sp³-hybridized carbons (Fsp3) is 0.167. The van der Waals surface area contributed by atoms with Gasteiger partial charge in [0.25, 0.3) is 5.69 Å². The third-order valence-corrected chi connectivity index (χ3v) is 2.99. The van der Waals surface area contributed by atoms with Crippen molar-refractivity contribution in [3.8, 4) is 0 Å². The second kappa shape index (κ2) is 5.32. The van der Waals surface area contributed by atoms with Crippen LogP contribution in [0.3, 0.4) is 0 Å². The molecule has 1 unspecified atom stereocenters. The lowest BCUT2D eigenvalue weighted by Crippen LogP contribution is -2.12. The molecule has 94 valence electrons. The number of hydrogen-bond acceptors (Lipinski definition) is 4. The van der Waals surface area contributed by atoms with Gasteiger partial charge in [0.1, 0.15) is 5.76 Å². The Morgan fingerprint density at radius 2 is 1.94 bits per heavy atom. The van der Waals surface area contributed by atoms with Gasteiger partial charge in [0.15, 0.2) is 4.67 Å². The fourth-order valence-corrected chi connectivity index (χ4v) is 1.95. The van der Waals surface area contributed by atoms with Crippen LogP contribution < -0.4 is 5.73 Å². The lowest BCUT2D eigenvalue weighted by molar-refractivity contribution is -0.384. The van der Waals surface area contributed by atoms with Crippen molar-refractivity contribution in [3.05, 3.63) is 62.5 Å². The first-order valence-electron chi connectivity index (χ1n) is 5.30. The number of furan rings is 1. The van der Waals surface area contributed by atoms with E-state index in [1.54, 1.807) is 24.3 Å². The average molecular weight is 311 g/mol. The SMILES string of the molecule is NC(Cc1ccc([N+](=O)[O-])cc1)c1ccc(Br)o1. The van der Waals surface area contributed by atoms with Crippen LogP contribution in [0.25, 0.3) is 0 Å². The van der Waals surface area contributed by atoms with Gasteiger partial charge in [-0.25, -0.2) is 0 Å². The van der Waals surface area contributed by atoms with E-state index in [2.05, 4.69) is 15.9 Å². The molecule has 5 nitrogen and oxygen atoms in total. The number of nitrogens with two attached hydrogens (primary N) is 1. The molecule has 0 aliphatic carbocycles. The van der Waals surface area contributed by atoms with Gasteiger partial charge in [-0.1, -0.05) is 12.1 Å². The number of hydrogen-bond donors (Lipinski definition) is 1. The van der Waals surface area contributed by atoms with E-state index in [0.29, 0.717) is 16.9 Å². The summed E-state index contributed by atoms with van der Waals surface area (Å²) in [6, 6.07) is 9.68. The minimum Gasteiger partial charge on any atom is -0.453 e. The minimum atomic E-state index is -0.423. The van der Waals surface area contributed by atoms with Gasteiger partial charge in [-0.05, 0) is 40.0 Å². The number of halogens is 1. The van der Waals surface area contributed by atoms with Gasteiger partial charge in [0, 0.05) is 12.1 Å². The highest BCUT2D eigenvalue weighted by Crippen LogP contribution is 2.22. The summed E-state index contributed by atoms with van der Waals surface area (Å²) in [6.45, 7) is 0. The van der Waals surface area contributed by atoms with Crippen molar-refractivity contribution in [2.24, 2.45) is 5.73 Å². The van der Waals surface area contributed by atoms with Crippen LogP contribution in [-0.4, -0.2) is 4.92 Å². The standard InChI is InChI=1S/C12H11BrN2O3/c13-12-6-5-11(18-12)10(14)7-8-1-3-9(4-2-8)15(16)17/h1-6,10H,7,14H2. The van der Waals surface area contributed by atoms with E-state index >= 15 is 0 Å². The van der Waals surface area contributed by atoms with Crippen LogP contribution >= 0.6 is 15.9 Å². The van der Waals surface area contributed by atoms with E-state index in [9.17, 15) is 10.1 Å². The zero-order chi connectivity index (χ0) is 13.1. The van der Waals surface area contributed by atoms with Gasteiger partial charge < -0.3 is 10.2 Å². The number of non-ortho nitro benzene ring substituents is 1. The highest BCUT2D eigenvalue weighted by atomic mass is 79.9. The van der Waals surface area contributed by atoms with Crippen LogP contribution in [0.1, 0.15) is 17.4 Å². The first kappa shape index (κ1) is 12.8. The molecule has 0 amide bonds. The van der Waals surface area contributed by atoms with E-state index in [1.807, 2.05) is 0 Å². The van der Waals surface area contributed by atoms with Crippen LogP contribution in [0.5, 0.6) is 0 Å². The summed E-state index contributed by atoms with van der Waals surface area (Å²) in [7, 11) is 0. The quantitative estimate of drug-likeness (QED) is 0.694. The Bertz CT molecular complexity index is 551. The molecule has 2 N–H and O–H groups in total. The van der Waals surface area contributed by atoms with Gasteiger partial charge in [0.2, 0.25) is 0 Å². The van der Waals surface area contributed by atoms with Crippen LogP contribution in [0.2, 0.25) is 0 Å². The monoisotopic (exact) mass is 310 g/mol. The van der Waals surface area contributed by atoms with Crippen LogP contribution in [0, 0.1) is 10.1 Å². The second-order valence-corrected chi connectivity index (χ2v) is 4.66. The van der Waals surface area contributed by atoms with Gasteiger partial charge in [-0.2, -0.15) is 0 Å². The van der Waals surface area contributed by atoms with Crippen molar-refractivity contribution >= 4 is 21.6 Å². The van der Waals surface area contributed by atoms with Gasteiger partial charge in [-0.3, -0.25) is 10.1 Å². The zero-order valence-corrected chi connectivity index (χ0v) is 11.0. The maximum Gasteiger partial charge on any atom is 0.269 e. The molecule has 0 spiro atoms. The Balaban J connectivity index is 2.07. The Labute approximate surface area is 112 Å². The Morgan fingerprint density at radius 3 is 2.44 bits per heavy atom. The molecule has 2 rings (SSSR count). The maximum absolute atomic E-state index is 10.5. The van der Waals surface area contributed by atoms with E-state index < -0.39 is 4.92 Å². The number of rotatable bonds is 4. The van der Waals surface area contributed by atoms with Crippen molar-refractivity contribution in [3.63, 3.8) is 0 Å². The molecular formula is C12H11BrN2O3. The summed E-state index contributed by atoms with van der Waals surface area (Å²) in [5, 5.41) is 10.5. The Kier molecular flexibility index (Phi) is 3.78. The third kappa shape index (κ3) is 2.96. The molecule has 6 heteroatoms. The molecule has 0 saturated heterocycles. The molecule has 1 atom stereocenters. The van der Waals surface area contributed by atoms with Crippen molar-refractivity contribution in [1.29, 1.82) is 0 Å². The van der Waals surface area contributed by atoms with E-state index in [0.717, 1.165) is 5.56 Å². The van der Waals surface area contributed by atoms with Crippen LogP contribution in [0.15, 0.2) is 45.5 Å². The van der Waals surface area contributed by atoms with Gasteiger partial charge in [-0.15, -0.1) is 0 Å². The Morgan fingerprint density at radius 1 is 1.28 bits per heavy atom. The molecule has 2 aromatic rings. The summed E-state index contributed by atoms with van der Waals surface area (Å²) in [5.74, 6) is 0.681. The zero-order valence-electron chi connectivity index (χ0n) is 9.38. The van der Waals surface area contributed by atoms with Crippen molar-refractivity contribution in [1.82, 2.24) is 0 Å². The van der Waals surface area contributed by atoms with E-state index in [1.165, 1.54) is 12.1 Å². The molecule has 0 fully saturated rings. The lowest BCUT2D eigenvalue weighted by Gasteiger charge is -2.08.